The molecular weight excluding hydrogens is 851 g/mol. The van der Waals surface area contributed by atoms with E-state index in [9.17, 15) is 19.8 Å². The van der Waals surface area contributed by atoms with E-state index >= 15 is 0 Å². The summed E-state index contributed by atoms with van der Waals surface area (Å²) in [6.07, 6.45) is 70.7. The van der Waals surface area contributed by atoms with Gasteiger partial charge in [-0.1, -0.05) is 302 Å². The third-order valence-electron chi connectivity index (χ3n) is 14.8. The predicted molar refractivity (Wildman–Crippen MR) is 301 cm³/mol. The van der Waals surface area contributed by atoms with Gasteiger partial charge in [0.2, 0.25) is 5.91 Å². The summed E-state index contributed by atoms with van der Waals surface area (Å²) in [4.78, 5) is 24.6. The van der Waals surface area contributed by atoms with E-state index in [0.717, 1.165) is 51.4 Å². The fourth-order valence-electron chi connectivity index (χ4n) is 9.99. The molecule has 6 nitrogen and oxygen atoms in total. The number of rotatable bonds is 59. The minimum atomic E-state index is -0.673. The van der Waals surface area contributed by atoms with Crippen LogP contribution in [0.4, 0.5) is 0 Å². The smallest absolute Gasteiger partial charge is 0.305 e. The van der Waals surface area contributed by atoms with Crippen molar-refractivity contribution in [3.8, 4) is 0 Å². The zero-order valence-electron chi connectivity index (χ0n) is 46.8. The first kappa shape index (κ1) is 67.6. The molecule has 0 aromatic heterocycles. The Balaban J connectivity index is 3.43. The minimum absolute atomic E-state index is 0.00697. The van der Waals surface area contributed by atoms with Gasteiger partial charge in [0.1, 0.15) is 0 Å². The summed E-state index contributed by atoms with van der Waals surface area (Å²) in [5.41, 5.74) is 0. The van der Waals surface area contributed by atoms with Gasteiger partial charge in [-0.15, -0.1) is 0 Å². The molecule has 0 spiro atoms. The SMILES string of the molecule is CCCCCCCCC/C=C\CCCCCCCCCC(=O)OCCCCCCCCCCCCCCCC(=O)NC(CO)C(O)CCCCCCCCCCCCCCCCCCCCCCC. The zero-order chi connectivity index (χ0) is 50.0. The van der Waals surface area contributed by atoms with Gasteiger partial charge < -0.3 is 20.3 Å². The number of esters is 1. The Labute approximate surface area is 431 Å². The number of allylic oxidation sites excluding steroid dienone is 2. The van der Waals surface area contributed by atoms with E-state index < -0.39 is 12.1 Å². The molecule has 2 atom stereocenters. The van der Waals surface area contributed by atoms with E-state index in [-0.39, 0.29) is 18.5 Å². The molecule has 3 N–H and O–H groups in total. The largest absolute Gasteiger partial charge is 0.466 e. The molecule has 0 heterocycles. The first-order chi connectivity index (χ1) is 34.0. The number of hydrogen-bond donors (Lipinski definition) is 3. The summed E-state index contributed by atoms with van der Waals surface area (Å²) in [5.74, 6) is -0.0508. The van der Waals surface area contributed by atoms with Gasteiger partial charge >= 0.3 is 5.97 Å². The molecule has 0 aromatic carbocycles. The molecule has 2 unspecified atom stereocenters. The highest BCUT2D eigenvalue weighted by Gasteiger charge is 2.20. The Kier molecular flexibility index (Phi) is 58.0. The van der Waals surface area contributed by atoms with Gasteiger partial charge in [-0.3, -0.25) is 9.59 Å². The fraction of sp³-hybridized carbons (Fsp3) is 0.937. The van der Waals surface area contributed by atoms with Crippen molar-refractivity contribution in [2.24, 2.45) is 0 Å². The molecule has 0 aliphatic heterocycles. The molecule has 0 aromatic rings. The molecule has 69 heavy (non-hydrogen) atoms. The number of carbonyl (C=O) groups excluding carboxylic acids is 2. The average molecular weight is 975 g/mol. The number of aliphatic hydroxyl groups is 2. The van der Waals surface area contributed by atoms with E-state index in [1.54, 1.807) is 0 Å². The average Bonchev–Trinajstić information content (AvgIpc) is 3.35. The summed E-state index contributed by atoms with van der Waals surface area (Å²) in [6.45, 7) is 4.95. The van der Waals surface area contributed by atoms with Crippen LogP contribution in [0.25, 0.3) is 0 Å². The van der Waals surface area contributed by atoms with Crippen LogP contribution in [-0.2, 0) is 14.3 Å². The lowest BCUT2D eigenvalue weighted by Gasteiger charge is -2.22. The summed E-state index contributed by atoms with van der Waals surface area (Å²) < 4.78 is 5.49. The first-order valence-electron chi connectivity index (χ1n) is 31.4. The second kappa shape index (κ2) is 59.2. The Morgan fingerprint density at radius 2 is 0.681 bits per heavy atom. The summed E-state index contributed by atoms with van der Waals surface area (Å²) in [7, 11) is 0. The van der Waals surface area contributed by atoms with Crippen LogP contribution in [0, 0.1) is 0 Å². The highest BCUT2D eigenvalue weighted by atomic mass is 16.5. The number of nitrogens with one attached hydrogen (secondary N) is 1. The Hall–Kier alpha value is -1.40. The van der Waals surface area contributed by atoms with Crippen molar-refractivity contribution in [1.29, 1.82) is 0 Å². The zero-order valence-corrected chi connectivity index (χ0v) is 46.8. The van der Waals surface area contributed by atoms with Gasteiger partial charge in [-0.25, -0.2) is 0 Å². The molecule has 0 aliphatic rings. The van der Waals surface area contributed by atoms with Crippen LogP contribution in [0.3, 0.4) is 0 Å². The lowest BCUT2D eigenvalue weighted by Crippen LogP contribution is -2.45. The summed E-state index contributed by atoms with van der Waals surface area (Å²) in [5, 5.41) is 23.4. The van der Waals surface area contributed by atoms with Crippen LogP contribution >= 0.6 is 0 Å². The van der Waals surface area contributed by atoms with E-state index in [2.05, 4.69) is 31.3 Å². The van der Waals surface area contributed by atoms with Gasteiger partial charge in [0.15, 0.2) is 0 Å². The maximum absolute atomic E-state index is 12.5. The van der Waals surface area contributed by atoms with Crippen molar-refractivity contribution < 1.29 is 24.5 Å². The second-order valence-corrected chi connectivity index (χ2v) is 21.7. The lowest BCUT2D eigenvalue weighted by atomic mass is 10.0. The standard InChI is InChI=1S/C63H123NO5/c1-3-5-7-9-11-13-15-17-19-21-23-24-25-26-28-31-35-39-43-47-51-55-61(66)60(59-65)64-62(67)56-52-48-44-40-36-32-30-34-38-42-46-50-54-58-69-63(68)57-53-49-45-41-37-33-29-27-22-20-18-16-14-12-10-8-6-4-2/h20,22,60-61,65-66H,3-19,21,23-59H2,1-2H3,(H,64,67)/b22-20-. The normalized spacial score (nSPS) is 12.6. The summed E-state index contributed by atoms with van der Waals surface area (Å²) >= 11 is 0. The molecule has 0 saturated heterocycles. The van der Waals surface area contributed by atoms with Crippen molar-refractivity contribution in [2.75, 3.05) is 13.2 Å². The molecule has 0 rings (SSSR count). The quantitative estimate of drug-likeness (QED) is 0.0321. The fourth-order valence-corrected chi connectivity index (χ4v) is 9.99. The lowest BCUT2D eigenvalue weighted by molar-refractivity contribution is -0.143. The van der Waals surface area contributed by atoms with E-state index in [1.807, 2.05) is 0 Å². The van der Waals surface area contributed by atoms with Gasteiger partial charge in [0.25, 0.3) is 0 Å². The van der Waals surface area contributed by atoms with Gasteiger partial charge in [-0.2, -0.15) is 0 Å². The highest BCUT2D eigenvalue weighted by Crippen LogP contribution is 2.18. The van der Waals surface area contributed by atoms with Gasteiger partial charge in [0.05, 0.1) is 25.4 Å². The monoisotopic (exact) mass is 974 g/mol. The van der Waals surface area contributed by atoms with E-state index in [0.29, 0.717) is 25.9 Å². The highest BCUT2D eigenvalue weighted by molar-refractivity contribution is 5.76. The molecule has 0 fully saturated rings. The van der Waals surface area contributed by atoms with Crippen molar-refractivity contribution >= 4 is 11.9 Å². The molecule has 0 bridgehead atoms. The van der Waals surface area contributed by atoms with E-state index in [4.69, 9.17) is 4.74 Å². The van der Waals surface area contributed by atoms with Gasteiger partial charge in [-0.05, 0) is 51.4 Å². The van der Waals surface area contributed by atoms with Crippen LogP contribution in [-0.4, -0.2) is 47.4 Å². The van der Waals surface area contributed by atoms with Crippen molar-refractivity contribution in [1.82, 2.24) is 5.32 Å². The third kappa shape index (κ3) is 55.8. The van der Waals surface area contributed by atoms with Crippen molar-refractivity contribution in [3.05, 3.63) is 12.2 Å². The molecular formula is C63H123NO5. The molecule has 410 valence electrons. The molecule has 6 heteroatoms. The third-order valence-corrected chi connectivity index (χ3v) is 14.8. The number of hydrogen-bond acceptors (Lipinski definition) is 5. The van der Waals surface area contributed by atoms with Crippen LogP contribution in [0.15, 0.2) is 12.2 Å². The molecule has 1 amide bonds. The van der Waals surface area contributed by atoms with Crippen LogP contribution < -0.4 is 5.32 Å². The van der Waals surface area contributed by atoms with Crippen LogP contribution in [0.2, 0.25) is 0 Å². The van der Waals surface area contributed by atoms with Crippen LogP contribution in [0.5, 0.6) is 0 Å². The number of carbonyl (C=O) groups is 2. The van der Waals surface area contributed by atoms with E-state index in [1.165, 1.54) is 270 Å². The molecule has 0 radical (unpaired) electrons. The molecule has 0 saturated carbocycles. The summed E-state index contributed by atoms with van der Waals surface area (Å²) in [6, 6.07) is -0.552. The minimum Gasteiger partial charge on any atom is -0.466 e. The number of ether oxygens (including phenoxy) is 1. The van der Waals surface area contributed by atoms with Crippen molar-refractivity contribution in [3.63, 3.8) is 0 Å². The Bertz CT molecular complexity index is 1030. The Morgan fingerprint density at radius 3 is 1.03 bits per heavy atom. The van der Waals surface area contributed by atoms with Crippen molar-refractivity contribution in [2.45, 2.75) is 366 Å². The Morgan fingerprint density at radius 1 is 0.391 bits per heavy atom. The van der Waals surface area contributed by atoms with Gasteiger partial charge in [0, 0.05) is 12.8 Å². The second-order valence-electron chi connectivity index (χ2n) is 21.7. The maximum Gasteiger partial charge on any atom is 0.305 e. The predicted octanol–water partition coefficient (Wildman–Crippen LogP) is 19.6. The topological polar surface area (TPSA) is 95.9 Å². The number of unbranched alkanes of at least 4 members (excludes halogenated alkanes) is 46. The number of aliphatic hydroxyl groups excluding tert-OH is 2. The molecule has 0 aliphatic carbocycles. The maximum atomic E-state index is 12.5. The van der Waals surface area contributed by atoms with Crippen LogP contribution in [0.1, 0.15) is 354 Å². The first-order valence-corrected chi connectivity index (χ1v) is 31.4. The number of amides is 1.